The molecular formula is C9H20N2. The van der Waals surface area contributed by atoms with Gasteiger partial charge in [0.1, 0.15) is 0 Å². The molecule has 0 aromatic heterocycles. The van der Waals surface area contributed by atoms with E-state index < -0.39 is 0 Å². The lowest BCUT2D eigenvalue weighted by Gasteiger charge is -2.19. The van der Waals surface area contributed by atoms with Crippen molar-refractivity contribution < 1.29 is 0 Å². The summed E-state index contributed by atoms with van der Waals surface area (Å²) in [5.74, 6) is 0. The Bertz CT molecular complexity index is 102. The molecule has 0 amide bonds. The van der Waals surface area contributed by atoms with E-state index in [2.05, 4.69) is 37.4 Å². The molecule has 2 heteroatoms. The van der Waals surface area contributed by atoms with Crippen molar-refractivity contribution in [2.45, 2.75) is 6.92 Å². The van der Waals surface area contributed by atoms with Gasteiger partial charge in [0.05, 0.1) is 0 Å². The molecule has 0 heterocycles. The van der Waals surface area contributed by atoms with Crippen LogP contribution in [0.15, 0.2) is 12.7 Å². The van der Waals surface area contributed by atoms with Crippen LogP contribution >= 0.6 is 0 Å². The van der Waals surface area contributed by atoms with Crippen molar-refractivity contribution >= 4 is 0 Å². The van der Waals surface area contributed by atoms with Crippen LogP contribution in [-0.2, 0) is 0 Å². The summed E-state index contributed by atoms with van der Waals surface area (Å²) in [6, 6.07) is 0. The fraction of sp³-hybridized carbons (Fsp3) is 0.778. The monoisotopic (exact) mass is 156 g/mol. The Hall–Kier alpha value is -0.340. The van der Waals surface area contributed by atoms with Crippen LogP contribution in [0.1, 0.15) is 6.92 Å². The summed E-state index contributed by atoms with van der Waals surface area (Å²) in [6.07, 6.45) is 1.94. The van der Waals surface area contributed by atoms with Gasteiger partial charge in [-0.05, 0) is 20.6 Å². The molecular weight excluding hydrogens is 136 g/mol. The van der Waals surface area contributed by atoms with E-state index in [1.165, 1.54) is 0 Å². The van der Waals surface area contributed by atoms with Crippen molar-refractivity contribution in [3.05, 3.63) is 12.7 Å². The standard InChI is InChI=1S/C9H20N2/c1-5-7-11(4)9-8-10(3)6-2/h5H,1,6-9H2,2-4H3. The van der Waals surface area contributed by atoms with E-state index in [0.717, 1.165) is 26.2 Å². The van der Waals surface area contributed by atoms with Crippen LogP contribution in [0.3, 0.4) is 0 Å². The molecule has 0 aliphatic rings. The number of hydrogen-bond donors (Lipinski definition) is 0. The van der Waals surface area contributed by atoms with Gasteiger partial charge in [0, 0.05) is 19.6 Å². The molecule has 0 fully saturated rings. The molecule has 0 aliphatic carbocycles. The molecule has 0 bridgehead atoms. The van der Waals surface area contributed by atoms with Gasteiger partial charge in [-0.25, -0.2) is 0 Å². The van der Waals surface area contributed by atoms with Crippen LogP contribution in [0.25, 0.3) is 0 Å². The van der Waals surface area contributed by atoms with Gasteiger partial charge < -0.3 is 9.80 Å². The smallest absolute Gasteiger partial charge is 0.0158 e. The molecule has 2 nitrogen and oxygen atoms in total. The van der Waals surface area contributed by atoms with Crippen LogP contribution in [-0.4, -0.2) is 50.1 Å². The zero-order valence-electron chi connectivity index (χ0n) is 8.01. The third-order valence-corrected chi connectivity index (χ3v) is 1.84. The molecule has 66 valence electrons. The molecule has 0 spiro atoms. The minimum atomic E-state index is 0.984. The third kappa shape index (κ3) is 6.07. The SMILES string of the molecule is C=CCN(C)CCN(C)CC. The summed E-state index contributed by atoms with van der Waals surface area (Å²) in [6.45, 7) is 10.2. The fourth-order valence-electron chi connectivity index (χ4n) is 0.811. The highest BCUT2D eigenvalue weighted by atomic mass is 15.2. The zero-order valence-corrected chi connectivity index (χ0v) is 8.01. The summed E-state index contributed by atoms with van der Waals surface area (Å²) in [5.41, 5.74) is 0. The quantitative estimate of drug-likeness (QED) is 0.530. The maximum atomic E-state index is 3.69. The van der Waals surface area contributed by atoms with Gasteiger partial charge in [-0.15, -0.1) is 6.58 Å². The van der Waals surface area contributed by atoms with E-state index >= 15 is 0 Å². The van der Waals surface area contributed by atoms with E-state index in [-0.39, 0.29) is 0 Å². The first-order valence-corrected chi connectivity index (χ1v) is 4.18. The third-order valence-electron chi connectivity index (χ3n) is 1.84. The molecule has 0 atom stereocenters. The second-order valence-corrected chi connectivity index (χ2v) is 2.95. The maximum absolute atomic E-state index is 3.69. The summed E-state index contributed by atoms with van der Waals surface area (Å²) in [7, 11) is 4.26. The Balaban J connectivity index is 3.29. The van der Waals surface area contributed by atoms with Crippen LogP contribution in [0.5, 0.6) is 0 Å². The first-order valence-electron chi connectivity index (χ1n) is 4.18. The predicted octanol–water partition coefficient (Wildman–Crippen LogP) is 1.06. The Labute approximate surface area is 70.5 Å². The normalized spacial score (nSPS) is 11.0. The van der Waals surface area contributed by atoms with Crippen molar-refractivity contribution in [1.82, 2.24) is 9.80 Å². The van der Waals surface area contributed by atoms with Crippen molar-refractivity contribution in [1.29, 1.82) is 0 Å². The van der Waals surface area contributed by atoms with Crippen LogP contribution in [0.2, 0.25) is 0 Å². The van der Waals surface area contributed by atoms with Gasteiger partial charge in [-0.2, -0.15) is 0 Å². The van der Waals surface area contributed by atoms with Crippen molar-refractivity contribution in [3.63, 3.8) is 0 Å². The Morgan fingerprint density at radius 2 is 1.73 bits per heavy atom. The van der Waals surface area contributed by atoms with Crippen LogP contribution in [0.4, 0.5) is 0 Å². The highest BCUT2D eigenvalue weighted by Gasteiger charge is 1.97. The Kier molecular flexibility index (Phi) is 6.18. The lowest BCUT2D eigenvalue weighted by molar-refractivity contribution is 0.279. The Morgan fingerprint density at radius 3 is 2.18 bits per heavy atom. The van der Waals surface area contributed by atoms with Crippen molar-refractivity contribution in [2.24, 2.45) is 0 Å². The molecule has 11 heavy (non-hydrogen) atoms. The molecule has 0 unspecified atom stereocenters. The summed E-state index contributed by atoms with van der Waals surface area (Å²) < 4.78 is 0. The van der Waals surface area contributed by atoms with Gasteiger partial charge >= 0.3 is 0 Å². The van der Waals surface area contributed by atoms with E-state index in [1.54, 1.807) is 0 Å². The predicted molar refractivity (Wildman–Crippen MR) is 50.9 cm³/mol. The largest absolute Gasteiger partial charge is 0.305 e. The molecule has 0 radical (unpaired) electrons. The second kappa shape index (κ2) is 6.38. The molecule has 0 saturated carbocycles. The first-order chi connectivity index (χ1) is 5.20. The number of likely N-dealkylation sites (N-methyl/N-ethyl adjacent to an activating group) is 2. The highest BCUT2D eigenvalue weighted by molar-refractivity contribution is 4.71. The molecule has 0 N–H and O–H groups in total. The van der Waals surface area contributed by atoms with Gasteiger partial charge in [0.15, 0.2) is 0 Å². The number of hydrogen-bond acceptors (Lipinski definition) is 2. The van der Waals surface area contributed by atoms with Crippen LogP contribution in [0, 0.1) is 0 Å². The zero-order chi connectivity index (χ0) is 8.69. The molecule has 0 aromatic rings. The van der Waals surface area contributed by atoms with E-state index in [9.17, 15) is 0 Å². The average Bonchev–Trinajstić information content (AvgIpc) is 2.01. The minimum Gasteiger partial charge on any atom is -0.305 e. The lowest BCUT2D eigenvalue weighted by Crippen LogP contribution is -2.30. The average molecular weight is 156 g/mol. The van der Waals surface area contributed by atoms with Gasteiger partial charge in [0.2, 0.25) is 0 Å². The minimum absolute atomic E-state index is 0.984. The van der Waals surface area contributed by atoms with Crippen LogP contribution < -0.4 is 0 Å². The van der Waals surface area contributed by atoms with Gasteiger partial charge in [0.25, 0.3) is 0 Å². The fourth-order valence-corrected chi connectivity index (χ4v) is 0.811. The summed E-state index contributed by atoms with van der Waals surface area (Å²) in [5, 5.41) is 0. The Morgan fingerprint density at radius 1 is 1.18 bits per heavy atom. The topological polar surface area (TPSA) is 6.48 Å². The van der Waals surface area contributed by atoms with Gasteiger partial charge in [-0.1, -0.05) is 13.0 Å². The maximum Gasteiger partial charge on any atom is 0.0158 e. The molecule has 0 aromatic carbocycles. The molecule has 0 aliphatic heterocycles. The van der Waals surface area contributed by atoms with Crippen molar-refractivity contribution in [3.8, 4) is 0 Å². The van der Waals surface area contributed by atoms with E-state index in [0.29, 0.717) is 0 Å². The molecule has 0 saturated heterocycles. The molecule has 0 rings (SSSR count). The van der Waals surface area contributed by atoms with Gasteiger partial charge in [-0.3, -0.25) is 0 Å². The first kappa shape index (κ1) is 10.7. The van der Waals surface area contributed by atoms with E-state index in [1.807, 2.05) is 6.08 Å². The second-order valence-electron chi connectivity index (χ2n) is 2.95. The summed E-state index contributed by atoms with van der Waals surface area (Å²) in [4.78, 5) is 4.57. The lowest BCUT2D eigenvalue weighted by atomic mass is 10.4. The van der Waals surface area contributed by atoms with E-state index in [4.69, 9.17) is 0 Å². The number of nitrogens with zero attached hydrogens (tertiary/aromatic N) is 2. The van der Waals surface area contributed by atoms with Crippen molar-refractivity contribution in [2.75, 3.05) is 40.3 Å². The summed E-state index contributed by atoms with van der Waals surface area (Å²) >= 11 is 0. The highest BCUT2D eigenvalue weighted by Crippen LogP contribution is 1.85. The number of rotatable bonds is 6.